The highest BCUT2D eigenvalue weighted by molar-refractivity contribution is 5.77. The Labute approximate surface area is 192 Å². The van der Waals surface area contributed by atoms with Crippen LogP contribution in [0.15, 0.2) is 47.4 Å². The van der Waals surface area contributed by atoms with E-state index in [1.165, 1.54) is 36.1 Å². The highest BCUT2D eigenvalue weighted by atomic mass is 16.6. The zero-order valence-corrected chi connectivity index (χ0v) is 18.8. The average Bonchev–Trinajstić information content (AvgIpc) is 2.78. The molecule has 1 aromatic carbocycles. The van der Waals surface area contributed by atoms with Gasteiger partial charge in [0.05, 0.1) is 18.2 Å². The number of amides is 1. The van der Waals surface area contributed by atoms with Gasteiger partial charge in [-0.2, -0.15) is 0 Å². The molecule has 4 aliphatic rings. The van der Waals surface area contributed by atoms with E-state index < -0.39 is 10.5 Å². The van der Waals surface area contributed by atoms with Crippen molar-refractivity contribution in [3.63, 3.8) is 0 Å². The van der Waals surface area contributed by atoms with Gasteiger partial charge in [-0.15, -0.1) is 0 Å². The molecule has 1 heterocycles. The van der Waals surface area contributed by atoms with Crippen molar-refractivity contribution < 1.29 is 14.5 Å². The second-order valence-electron chi connectivity index (χ2n) is 10.1. The SMILES string of the molecule is COc1cccc(CN(C(=O)Cn2cc([N+](=O)[O-])ccc2=O)C23CC4CC(CC(C4)C2)C3)c1. The summed E-state index contributed by atoms with van der Waals surface area (Å²) in [5.74, 6) is 2.52. The summed E-state index contributed by atoms with van der Waals surface area (Å²) >= 11 is 0. The second-order valence-corrected chi connectivity index (χ2v) is 10.1. The van der Waals surface area contributed by atoms with Crippen molar-refractivity contribution in [1.29, 1.82) is 0 Å². The number of nitro groups is 1. The molecule has 0 spiro atoms. The molecule has 0 unspecified atom stereocenters. The lowest BCUT2D eigenvalue weighted by Gasteiger charge is -2.60. The van der Waals surface area contributed by atoms with E-state index in [1.807, 2.05) is 29.2 Å². The maximum atomic E-state index is 13.8. The van der Waals surface area contributed by atoms with Crippen LogP contribution in [-0.2, 0) is 17.9 Å². The van der Waals surface area contributed by atoms with Crippen molar-refractivity contribution in [3.05, 3.63) is 68.6 Å². The van der Waals surface area contributed by atoms with Crippen molar-refractivity contribution >= 4 is 11.6 Å². The van der Waals surface area contributed by atoms with Crippen LogP contribution in [0.1, 0.15) is 44.1 Å². The van der Waals surface area contributed by atoms with E-state index in [9.17, 15) is 19.7 Å². The monoisotopic (exact) mass is 451 g/mol. The minimum atomic E-state index is -0.548. The molecule has 4 aliphatic carbocycles. The fourth-order valence-electron chi connectivity index (χ4n) is 6.85. The summed E-state index contributed by atoms with van der Waals surface area (Å²) in [6.07, 6.45) is 7.93. The number of carbonyl (C=O) groups excluding carboxylic acids is 1. The average molecular weight is 452 g/mol. The van der Waals surface area contributed by atoms with Gasteiger partial charge in [0.1, 0.15) is 12.3 Å². The Morgan fingerprint density at radius 3 is 2.42 bits per heavy atom. The molecule has 0 radical (unpaired) electrons. The minimum Gasteiger partial charge on any atom is -0.497 e. The first-order valence-electron chi connectivity index (χ1n) is 11.6. The molecular weight excluding hydrogens is 422 g/mol. The normalized spacial score (nSPS) is 27.4. The van der Waals surface area contributed by atoms with Crippen LogP contribution in [0, 0.1) is 27.9 Å². The van der Waals surface area contributed by atoms with Gasteiger partial charge in [-0.05, 0) is 74.0 Å². The quantitative estimate of drug-likeness (QED) is 0.472. The van der Waals surface area contributed by atoms with E-state index in [0.717, 1.165) is 36.6 Å². The molecule has 4 saturated carbocycles. The highest BCUT2D eigenvalue weighted by Crippen LogP contribution is 2.58. The van der Waals surface area contributed by atoms with Gasteiger partial charge >= 0.3 is 0 Å². The molecule has 2 aromatic rings. The van der Waals surface area contributed by atoms with Crippen LogP contribution >= 0.6 is 0 Å². The number of nitrogens with zero attached hydrogens (tertiary/aromatic N) is 3. The Balaban J connectivity index is 1.49. The molecule has 0 atom stereocenters. The number of aromatic nitrogens is 1. The van der Waals surface area contributed by atoms with Crippen LogP contribution in [0.4, 0.5) is 5.69 Å². The van der Waals surface area contributed by atoms with Crippen molar-refractivity contribution in [1.82, 2.24) is 9.47 Å². The van der Waals surface area contributed by atoms with Crippen molar-refractivity contribution in [3.8, 4) is 5.75 Å². The molecule has 33 heavy (non-hydrogen) atoms. The maximum Gasteiger partial charge on any atom is 0.285 e. The Kier molecular flexibility index (Phi) is 5.46. The van der Waals surface area contributed by atoms with Crippen LogP contribution in [0.25, 0.3) is 0 Å². The van der Waals surface area contributed by atoms with Gasteiger partial charge < -0.3 is 9.64 Å². The molecule has 8 heteroatoms. The van der Waals surface area contributed by atoms with E-state index in [0.29, 0.717) is 24.3 Å². The Hall–Kier alpha value is -3.16. The number of pyridine rings is 1. The highest BCUT2D eigenvalue weighted by Gasteiger charge is 2.54. The largest absolute Gasteiger partial charge is 0.497 e. The van der Waals surface area contributed by atoms with E-state index >= 15 is 0 Å². The second kappa shape index (κ2) is 8.32. The summed E-state index contributed by atoms with van der Waals surface area (Å²) in [5, 5.41) is 11.2. The lowest BCUT2D eigenvalue weighted by atomic mass is 9.52. The summed E-state index contributed by atoms with van der Waals surface area (Å²) in [6.45, 7) is 0.234. The smallest absolute Gasteiger partial charge is 0.285 e. The summed E-state index contributed by atoms with van der Waals surface area (Å²) in [4.78, 5) is 38.8. The number of carbonyl (C=O) groups is 1. The van der Waals surface area contributed by atoms with Gasteiger partial charge in [0.25, 0.3) is 11.2 Å². The Morgan fingerprint density at radius 1 is 1.15 bits per heavy atom. The molecule has 0 aliphatic heterocycles. The first-order chi connectivity index (χ1) is 15.8. The summed E-state index contributed by atoms with van der Waals surface area (Å²) in [6, 6.07) is 10.1. The number of methoxy groups -OCH3 is 1. The lowest BCUT2D eigenvalue weighted by Crippen LogP contribution is -2.61. The number of hydrogen-bond acceptors (Lipinski definition) is 5. The first kappa shape index (κ1) is 21.7. The third-order valence-corrected chi connectivity index (χ3v) is 7.84. The summed E-state index contributed by atoms with van der Waals surface area (Å²) in [7, 11) is 1.62. The minimum absolute atomic E-state index is 0.164. The predicted octanol–water partition coefficient (Wildman–Crippen LogP) is 3.76. The molecule has 0 saturated heterocycles. The first-order valence-corrected chi connectivity index (χ1v) is 11.6. The van der Waals surface area contributed by atoms with Crippen molar-refractivity contribution in [2.24, 2.45) is 17.8 Å². The fraction of sp³-hybridized carbons (Fsp3) is 0.520. The number of ether oxygens (including phenoxy) is 1. The van der Waals surface area contributed by atoms with Crippen LogP contribution in [0.3, 0.4) is 0 Å². The van der Waals surface area contributed by atoms with Crippen molar-refractivity contribution in [2.75, 3.05) is 7.11 Å². The van der Waals surface area contributed by atoms with Gasteiger partial charge in [0, 0.05) is 24.2 Å². The van der Waals surface area contributed by atoms with E-state index in [-0.39, 0.29) is 23.7 Å². The van der Waals surface area contributed by atoms with Crippen LogP contribution in [0.5, 0.6) is 5.75 Å². The van der Waals surface area contributed by atoms with Crippen molar-refractivity contribution in [2.45, 2.75) is 57.2 Å². The summed E-state index contributed by atoms with van der Waals surface area (Å²) < 4.78 is 6.55. The molecule has 8 nitrogen and oxygen atoms in total. The topological polar surface area (TPSA) is 94.7 Å². The Morgan fingerprint density at radius 2 is 1.82 bits per heavy atom. The molecule has 1 amide bonds. The van der Waals surface area contributed by atoms with Gasteiger partial charge in [-0.25, -0.2) is 0 Å². The molecule has 6 rings (SSSR count). The van der Waals surface area contributed by atoms with Crippen LogP contribution in [-0.4, -0.2) is 32.9 Å². The zero-order valence-electron chi connectivity index (χ0n) is 18.8. The zero-order chi connectivity index (χ0) is 23.2. The van der Waals surface area contributed by atoms with E-state index in [1.54, 1.807) is 7.11 Å². The summed E-state index contributed by atoms with van der Waals surface area (Å²) in [5.41, 5.74) is 0.154. The standard InChI is InChI=1S/C25H29N3O5/c1-33-22-4-2-3-17(10-22)14-27(25-11-18-7-19(12-25)9-20(8-18)13-25)24(30)16-26-15-21(28(31)32)5-6-23(26)29/h2-6,10,15,18-20H,7-9,11-14,16H2,1H3. The predicted molar refractivity (Wildman–Crippen MR) is 122 cm³/mol. The lowest BCUT2D eigenvalue weighted by molar-refractivity contribution is -0.385. The number of hydrogen-bond donors (Lipinski definition) is 0. The van der Waals surface area contributed by atoms with Gasteiger partial charge in [-0.1, -0.05) is 12.1 Å². The van der Waals surface area contributed by atoms with Crippen LogP contribution in [0.2, 0.25) is 0 Å². The fourth-order valence-corrected chi connectivity index (χ4v) is 6.85. The number of benzene rings is 1. The molecule has 4 bridgehead atoms. The van der Waals surface area contributed by atoms with Gasteiger partial charge in [0.2, 0.25) is 5.91 Å². The van der Waals surface area contributed by atoms with Gasteiger partial charge in [-0.3, -0.25) is 24.3 Å². The molecular formula is C25H29N3O5. The molecule has 0 N–H and O–H groups in total. The van der Waals surface area contributed by atoms with Gasteiger partial charge in [0.15, 0.2) is 0 Å². The molecule has 174 valence electrons. The number of rotatable bonds is 7. The van der Waals surface area contributed by atoms with E-state index in [2.05, 4.69) is 0 Å². The maximum absolute atomic E-state index is 13.8. The third-order valence-electron chi connectivity index (χ3n) is 7.84. The Bertz CT molecular complexity index is 1110. The van der Waals surface area contributed by atoms with Crippen LogP contribution < -0.4 is 10.3 Å². The third kappa shape index (κ3) is 4.14. The molecule has 1 aromatic heterocycles. The molecule has 4 fully saturated rings. The van der Waals surface area contributed by atoms with E-state index in [4.69, 9.17) is 4.74 Å².